The van der Waals surface area contributed by atoms with Crippen molar-refractivity contribution < 1.29 is 9.90 Å². The minimum atomic E-state index is -0.0976. The number of nitrogens with one attached hydrogen (secondary N) is 1. The van der Waals surface area contributed by atoms with Gasteiger partial charge in [-0.1, -0.05) is 13.8 Å². The molecule has 4 heteroatoms. The molecule has 0 unspecified atom stereocenters. The summed E-state index contributed by atoms with van der Waals surface area (Å²) in [6.45, 7) is 6.84. The molecule has 0 saturated carbocycles. The predicted molar refractivity (Wildman–Crippen MR) is 71.4 cm³/mol. The molecule has 0 aliphatic rings. The Morgan fingerprint density at radius 2 is 2.17 bits per heavy atom. The molecule has 1 aromatic heterocycles. The Morgan fingerprint density at radius 1 is 1.44 bits per heavy atom. The minimum absolute atomic E-state index is 0.00346. The third-order valence-electron chi connectivity index (χ3n) is 2.91. The zero-order chi connectivity index (χ0) is 13.6. The summed E-state index contributed by atoms with van der Waals surface area (Å²) in [5.74, 6) is -0.0976. The fraction of sp³-hybridized carbons (Fsp3) is 0.571. The molecule has 0 aliphatic heterocycles. The highest BCUT2D eigenvalue weighted by Crippen LogP contribution is 2.20. The summed E-state index contributed by atoms with van der Waals surface area (Å²) in [6, 6.07) is 3.60. The topological polar surface area (TPSA) is 62.2 Å². The van der Waals surface area contributed by atoms with Gasteiger partial charge in [0.05, 0.1) is 5.56 Å². The zero-order valence-electron chi connectivity index (χ0n) is 11.4. The fourth-order valence-electron chi connectivity index (χ4n) is 1.67. The van der Waals surface area contributed by atoms with Crippen molar-refractivity contribution in [2.75, 3.05) is 13.2 Å². The van der Waals surface area contributed by atoms with Crippen LogP contribution in [0.4, 0.5) is 0 Å². The molecule has 18 heavy (non-hydrogen) atoms. The summed E-state index contributed by atoms with van der Waals surface area (Å²) < 4.78 is 0. The van der Waals surface area contributed by atoms with Crippen molar-refractivity contribution in [2.24, 2.45) is 5.41 Å². The Labute approximate surface area is 108 Å². The van der Waals surface area contributed by atoms with Gasteiger partial charge in [0.1, 0.15) is 0 Å². The summed E-state index contributed by atoms with van der Waals surface area (Å²) in [6.07, 6.45) is 3.23. The van der Waals surface area contributed by atoms with Gasteiger partial charge in [-0.3, -0.25) is 9.78 Å². The Bertz CT molecular complexity index is 385. The lowest BCUT2D eigenvalue weighted by Crippen LogP contribution is -2.34. The van der Waals surface area contributed by atoms with Gasteiger partial charge in [0, 0.05) is 25.0 Å². The van der Waals surface area contributed by atoms with Gasteiger partial charge in [-0.25, -0.2) is 0 Å². The van der Waals surface area contributed by atoms with Crippen LogP contribution < -0.4 is 5.32 Å². The molecule has 0 spiro atoms. The quantitative estimate of drug-likeness (QED) is 0.810. The number of aromatic nitrogens is 1. The van der Waals surface area contributed by atoms with E-state index in [0.29, 0.717) is 12.1 Å². The van der Waals surface area contributed by atoms with E-state index in [2.05, 4.69) is 24.1 Å². The van der Waals surface area contributed by atoms with Crippen LogP contribution in [0, 0.1) is 12.3 Å². The van der Waals surface area contributed by atoms with Crippen molar-refractivity contribution in [3.8, 4) is 0 Å². The molecule has 100 valence electrons. The van der Waals surface area contributed by atoms with Crippen LogP contribution in [0.25, 0.3) is 0 Å². The first-order valence-corrected chi connectivity index (χ1v) is 6.26. The number of aliphatic hydroxyl groups is 1. The normalized spacial score (nSPS) is 11.3. The first-order valence-electron chi connectivity index (χ1n) is 6.26. The number of aryl methyl sites for hydroxylation is 1. The molecule has 0 saturated heterocycles. The van der Waals surface area contributed by atoms with Crippen molar-refractivity contribution in [1.82, 2.24) is 10.3 Å². The number of carbonyl (C=O) groups excluding carboxylic acids is 1. The van der Waals surface area contributed by atoms with Gasteiger partial charge in [-0.15, -0.1) is 0 Å². The highest BCUT2D eigenvalue weighted by atomic mass is 16.2. The third-order valence-corrected chi connectivity index (χ3v) is 2.91. The number of hydrogen-bond donors (Lipinski definition) is 2. The lowest BCUT2D eigenvalue weighted by Gasteiger charge is -2.24. The van der Waals surface area contributed by atoms with Crippen LogP contribution in [-0.2, 0) is 0 Å². The van der Waals surface area contributed by atoms with Gasteiger partial charge in [0.15, 0.2) is 0 Å². The van der Waals surface area contributed by atoms with Gasteiger partial charge in [0.2, 0.25) is 0 Å². The van der Waals surface area contributed by atoms with Crippen molar-refractivity contribution >= 4 is 5.91 Å². The maximum absolute atomic E-state index is 11.9. The number of aliphatic hydroxyl groups excluding tert-OH is 1. The van der Waals surface area contributed by atoms with Crippen molar-refractivity contribution in [1.29, 1.82) is 0 Å². The van der Waals surface area contributed by atoms with E-state index in [0.717, 1.165) is 18.5 Å². The van der Waals surface area contributed by atoms with Gasteiger partial charge in [-0.2, -0.15) is 0 Å². The second-order valence-corrected chi connectivity index (χ2v) is 5.36. The van der Waals surface area contributed by atoms with E-state index in [-0.39, 0.29) is 17.9 Å². The number of amides is 1. The first kappa shape index (κ1) is 14.6. The molecule has 0 bridgehead atoms. The Balaban J connectivity index is 2.48. The van der Waals surface area contributed by atoms with Crippen molar-refractivity contribution in [3.63, 3.8) is 0 Å². The van der Waals surface area contributed by atoms with Gasteiger partial charge in [-0.05, 0) is 37.3 Å². The average Bonchev–Trinajstić information content (AvgIpc) is 2.35. The van der Waals surface area contributed by atoms with Crippen LogP contribution in [-0.4, -0.2) is 29.1 Å². The van der Waals surface area contributed by atoms with Gasteiger partial charge < -0.3 is 10.4 Å². The second-order valence-electron chi connectivity index (χ2n) is 5.36. The van der Waals surface area contributed by atoms with E-state index in [4.69, 9.17) is 5.11 Å². The highest BCUT2D eigenvalue weighted by Gasteiger charge is 2.18. The Hall–Kier alpha value is -1.42. The monoisotopic (exact) mass is 250 g/mol. The molecule has 1 aromatic rings. The maximum atomic E-state index is 11.9. The molecule has 0 radical (unpaired) electrons. The number of pyridine rings is 1. The van der Waals surface area contributed by atoms with E-state index in [1.165, 1.54) is 0 Å². The summed E-state index contributed by atoms with van der Waals surface area (Å²) >= 11 is 0. The maximum Gasteiger partial charge on any atom is 0.252 e. The molecule has 1 amide bonds. The van der Waals surface area contributed by atoms with Crippen LogP contribution in [0.3, 0.4) is 0 Å². The standard InChI is InChI=1S/C14H22N2O2/c1-11-5-6-12(9-15-11)13(18)16-10-14(2,3)7-4-8-17/h5-6,9,17H,4,7-8,10H2,1-3H3,(H,16,18). The lowest BCUT2D eigenvalue weighted by atomic mass is 9.88. The largest absolute Gasteiger partial charge is 0.396 e. The summed E-state index contributed by atoms with van der Waals surface area (Å²) in [5.41, 5.74) is 1.48. The molecular formula is C14H22N2O2. The number of rotatable bonds is 6. The number of carbonyl (C=O) groups is 1. The summed E-state index contributed by atoms with van der Waals surface area (Å²) in [7, 11) is 0. The van der Waals surface area contributed by atoms with E-state index >= 15 is 0 Å². The molecule has 1 rings (SSSR count). The Kier molecular flexibility index (Phi) is 5.28. The molecule has 0 aromatic carbocycles. The van der Waals surface area contributed by atoms with E-state index in [9.17, 15) is 4.79 Å². The number of nitrogens with zero attached hydrogens (tertiary/aromatic N) is 1. The predicted octanol–water partition coefficient (Wildman–Crippen LogP) is 1.92. The smallest absolute Gasteiger partial charge is 0.252 e. The van der Waals surface area contributed by atoms with Gasteiger partial charge >= 0.3 is 0 Å². The number of hydrogen-bond acceptors (Lipinski definition) is 3. The van der Waals surface area contributed by atoms with E-state index < -0.39 is 0 Å². The second kappa shape index (κ2) is 6.50. The van der Waals surface area contributed by atoms with Crippen LogP contribution in [0.15, 0.2) is 18.3 Å². The zero-order valence-corrected chi connectivity index (χ0v) is 11.4. The van der Waals surface area contributed by atoms with E-state index in [1.54, 1.807) is 12.3 Å². The minimum Gasteiger partial charge on any atom is -0.396 e. The molecule has 0 fully saturated rings. The lowest BCUT2D eigenvalue weighted by molar-refractivity contribution is 0.0932. The Morgan fingerprint density at radius 3 is 2.72 bits per heavy atom. The molecular weight excluding hydrogens is 228 g/mol. The van der Waals surface area contributed by atoms with Crippen LogP contribution in [0.2, 0.25) is 0 Å². The van der Waals surface area contributed by atoms with Crippen molar-refractivity contribution in [3.05, 3.63) is 29.6 Å². The SMILES string of the molecule is Cc1ccc(C(=O)NCC(C)(C)CCCO)cn1. The van der Waals surface area contributed by atoms with Gasteiger partial charge in [0.25, 0.3) is 5.91 Å². The van der Waals surface area contributed by atoms with Crippen LogP contribution >= 0.6 is 0 Å². The summed E-state index contributed by atoms with van der Waals surface area (Å²) in [4.78, 5) is 16.0. The molecule has 0 atom stereocenters. The highest BCUT2D eigenvalue weighted by molar-refractivity contribution is 5.93. The fourth-order valence-corrected chi connectivity index (χ4v) is 1.67. The van der Waals surface area contributed by atoms with Crippen LogP contribution in [0.1, 0.15) is 42.7 Å². The summed E-state index contributed by atoms with van der Waals surface area (Å²) in [5, 5.41) is 11.7. The average molecular weight is 250 g/mol. The third kappa shape index (κ3) is 4.84. The molecule has 2 N–H and O–H groups in total. The van der Waals surface area contributed by atoms with Crippen molar-refractivity contribution in [2.45, 2.75) is 33.6 Å². The molecule has 1 heterocycles. The first-order chi connectivity index (χ1) is 8.44. The molecule has 0 aliphatic carbocycles. The van der Waals surface area contributed by atoms with E-state index in [1.807, 2.05) is 13.0 Å². The molecule has 4 nitrogen and oxygen atoms in total. The van der Waals surface area contributed by atoms with Crippen LogP contribution in [0.5, 0.6) is 0 Å².